The second-order valence-electron chi connectivity index (χ2n) is 6.89. The molecule has 1 spiro atoms. The molecule has 2 heterocycles. The molecule has 2 aromatic carbocycles. The Balaban J connectivity index is 1.87. The highest BCUT2D eigenvalue weighted by molar-refractivity contribution is 9.10. The number of benzene rings is 2. The van der Waals surface area contributed by atoms with Crippen LogP contribution in [0.4, 0.5) is 5.69 Å². The van der Waals surface area contributed by atoms with E-state index in [4.69, 9.17) is 4.74 Å². The number of hydrogen-bond donors (Lipinski definition) is 2. The fourth-order valence-electron chi connectivity index (χ4n) is 4.44. The van der Waals surface area contributed by atoms with Crippen LogP contribution in [0.5, 0.6) is 5.75 Å². The van der Waals surface area contributed by atoms with E-state index in [1.165, 1.54) is 0 Å². The smallest absolute Gasteiger partial charge is 0.256 e. The molecule has 1 amide bonds. The van der Waals surface area contributed by atoms with Crippen molar-refractivity contribution in [3.8, 4) is 5.75 Å². The van der Waals surface area contributed by atoms with Crippen molar-refractivity contribution in [3.63, 3.8) is 0 Å². The first-order valence-corrected chi connectivity index (χ1v) is 9.35. The topological polar surface area (TPSA) is 93.5 Å². The largest absolute Gasteiger partial charge is 0.496 e. The fourth-order valence-corrected chi connectivity index (χ4v) is 5.00. The minimum absolute atomic E-state index is 0.280. The molecule has 2 aliphatic heterocycles. The van der Waals surface area contributed by atoms with Gasteiger partial charge in [0, 0.05) is 22.2 Å². The molecule has 4 atom stereocenters. The number of nitro groups is 1. The van der Waals surface area contributed by atoms with Crippen LogP contribution in [0.1, 0.15) is 24.0 Å². The van der Waals surface area contributed by atoms with Crippen LogP contribution in [0.3, 0.4) is 0 Å². The highest BCUT2D eigenvalue weighted by atomic mass is 79.9. The maximum atomic E-state index is 13.0. The number of anilines is 1. The molecule has 0 radical (unpaired) electrons. The van der Waals surface area contributed by atoms with Crippen molar-refractivity contribution in [1.82, 2.24) is 5.32 Å². The highest BCUT2D eigenvalue weighted by Crippen LogP contribution is 2.50. The molecular formula is C19H18BrN3O4. The van der Waals surface area contributed by atoms with Crippen molar-refractivity contribution < 1.29 is 14.5 Å². The molecule has 2 N–H and O–H groups in total. The summed E-state index contributed by atoms with van der Waals surface area (Å²) in [6, 6.07) is 11.1. The van der Waals surface area contributed by atoms with Crippen molar-refractivity contribution in [3.05, 3.63) is 68.2 Å². The molecular weight excluding hydrogens is 414 g/mol. The fraction of sp³-hybridized carbons (Fsp3) is 0.316. The molecule has 4 rings (SSSR count). The summed E-state index contributed by atoms with van der Waals surface area (Å²) >= 11 is 3.45. The molecule has 0 aromatic heterocycles. The monoisotopic (exact) mass is 431 g/mol. The number of amides is 1. The first-order chi connectivity index (χ1) is 12.9. The van der Waals surface area contributed by atoms with E-state index in [1.807, 2.05) is 19.1 Å². The van der Waals surface area contributed by atoms with Gasteiger partial charge in [-0.3, -0.25) is 20.2 Å². The Morgan fingerprint density at radius 3 is 2.67 bits per heavy atom. The van der Waals surface area contributed by atoms with Crippen molar-refractivity contribution in [1.29, 1.82) is 0 Å². The molecule has 0 saturated carbocycles. The predicted molar refractivity (Wildman–Crippen MR) is 104 cm³/mol. The third kappa shape index (κ3) is 2.47. The SMILES string of the molecule is COc1ccc([C@@H]2[C@H](C)N[C@]3(C(=O)Nc4ccccc43)[C@H]2[N+](=O)[O-])cc1Br. The second kappa shape index (κ2) is 6.31. The minimum Gasteiger partial charge on any atom is -0.496 e. The number of hydrogen-bond acceptors (Lipinski definition) is 5. The summed E-state index contributed by atoms with van der Waals surface area (Å²) in [4.78, 5) is 24.8. The molecule has 140 valence electrons. The molecule has 0 unspecified atom stereocenters. The van der Waals surface area contributed by atoms with Crippen molar-refractivity contribution >= 4 is 27.5 Å². The van der Waals surface area contributed by atoms with Gasteiger partial charge in [-0.05, 0) is 46.6 Å². The van der Waals surface area contributed by atoms with Gasteiger partial charge in [0.15, 0.2) is 5.54 Å². The Hall–Kier alpha value is -2.45. The molecule has 27 heavy (non-hydrogen) atoms. The third-order valence-electron chi connectivity index (χ3n) is 5.52. The lowest BCUT2D eigenvalue weighted by Crippen LogP contribution is -2.54. The van der Waals surface area contributed by atoms with Gasteiger partial charge >= 0.3 is 0 Å². The summed E-state index contributed by atoms with van der Waals surface area (Å²) in [6.45, 7) is 1.88. The van der Waals surface area contributed by atoms with Gasteiger partial charge in [0.1, 0.15) is 5.75 Å². The molecule has 1 fully saturated rings. The van der Waals surface area contributed by atoms with Crippen molar-refractivity contribution in [2.45, 2.75) is 30.5 Å². The van der Waals surface area contributed by atoms with Crippen LogP contribution in [0, 0.1) is 10.1 Å². The zero-order valence-corrected chi connectivity index (χ0v) is 16.3. The van der Waals surface area contributed by atoms with E-state index in [0.29, 0.717) is 21.5 Å². The zero-order chi connectivity index (χ0) is 19.3. The molecule has 8 heteroatoms. The summed E-state index contributed by atoms with van der Waals surface area (Å²) in [7, 11) is 1.56. The van der Waals surface area contributed by atoms with E-state index in [1.54, 1.807) is 37.4 Å². The first-order valence-electron chi connectivity index (χ1n) is 8.55. The normalized spacial score (nSPS) is 28.9. The summed E-state index contributed by atoms with van der Waals surface area (Å²) in [5, 5.41) is 18.3. The van der Waals surface area contributed by atoms with E-state index in [0.717, 1.165) is 5.56 Å². The van der Waals surface area contributed by atoms with Gasteiger partial charge in [0.25, 0.3) is 11.9 Å². The Bertz CT molecular complexity index is 950. The van der Waals surface area contributed by atoms with Gasteiger partial charge < -0.3 is 10.1 Å². The molecule has 2 aromatic rings. The number of fused-ring (bicyclic) bond motifs is 2. The Labute approximate surface area is 164 Å². The lowest BCUT2D eigenvalue weighted by molar-refractivity contribution is -0.532. The molecule has 0 bridgehead atoms. The highest BCUT2D eigenvalue weighted by Gasteiger charge is 2.67. The number of ether oxygens (including phenoxy) is 1. The third-order valence-corrected chi connectivity index (χ3v) is 6.14. The van der Waals surface area contributed by atoms with Crippen molar-refractivity contribution in [2.75, 3.05) is 12.4 Å². The van der Waals surface area contributed by atoms with Crippen molar-refractivity contribution in [2.24, 2.45) is 0 Å². The molecule has 7 nitrogen and oxygen atoms in total. The maximum Gasteiger partial charge on any atom is 0.256 e. The standard InChI is InChI=1S/C19H18BrN3O4/c1-10-16(11-7-8-15(27-2)13(20)9-11)17(23(25)26)19(22-10)12-5-3-4-6-14(12)21-18(19)24/h3-10,16-17,22H,1-2H3,(H,21,24)/t10-,16-,17-,19-/m0/s1. The molecule has 2 aliphatic rings. The molecule has 1 saturated heterocycles. The average molecular weight is 432 g/mol. The number of nitrogens with zero attached hydrogens (tertiary/aromatic N) is 1. The second-order valence-corrected chi connectivity index (χ2v) is 7.75. The number of carbonyl (C=O) groups is 1. The Morgan fingerprint density at radius 2 is 2.00 bits per heavy atom. The van der Waals surface area contributed by atoms with Gasteiger partial charge in [-0.15, -0.1) is 0 Å². The summed E-state index contributed by atoms with van der Waals surface area (Å²) in [5.74, 6) is -0.222. The van der Waals surface area contributed by atoms with Gasteiger partial charge in [0.05, 0.1) is 17.5 Å². The Morgan fingerprint density at radius 1 is 1.26 bits per heavy atom. The van der Waals surface area contributed by atoms with E-state index in [9.17, 15) is 14.9 Å². The van der Waals surface area contributed by atoms with Gasteiger partial charge in [-0.1, -0.05) is 24.3 Å². The number of para-hydroxylation sites is 1. The Kier molecular flexibility index (Phi) is 4.20. The minimum atomic E-state index is -1.39. The summed E-state index contributed by atoms with van der Waals surface area (Å²) in [5.41, 5.74) is 0.624. The van der Waals surface area contributed by atoms with Gasteiger partial charge in [-0.25, -0.2) is 0 Å². The van der Waals surface area contributed by atoms with Crippen LogP contribution in [0.15, 0.2) is 46.9 Å². The number of rotatable bonds is 3. The van der Waals surface area contributed by atoms with Crippen LogP contribution in [-0.4, -0.2) is 30.0 Å². The van der Waals surface area contributed by atoms with E-state index in [2.05, 4.69) is 26.6 Å². The lowest BCUT2D eigenvalue weighted by Gasteiger charge is -2.25. The molecule has 0 aliphatic carbocycles. The summed E-state index contributed by atoms with van der Waals surface area (Å²) < 4.78 is 5.98. The predicted octanol–water partition coefficient (Wildman–Crippen LogP) is 3.03. The van der Waals surface area contributed by atoms with Crippen LogP contribution in [-0.2, 0) is 10.3 Å². The van der Waals surface area contributed by atoms with Gasteiger partial charge in [-0.2, -0.15) is 0 Å². The van der Waals surface area contributed by atoms with Crippen LogP contribution in [0.2, 0.25) is 0 Å². The van der Waals surface area contributed by atoms with E-state index < -0.39 is 17.5 Å². The van der Waals surface area contributed by atoms with Crippen LogP contribution < -0.4 is 15.4 Å². The van der Waals surface area contributed by atoms with E-state index in [-0.39, 0.29) is 16.9 Å². The number of nitrogens with one attached hydrogen (secondary N) is 2. The van der Waals surface area contributed by atoms with Crippen LogP contribution in [0.25, 0.3) is 0 Å². The number of carbonyl (C=O) groups excluding carboxylic acids is 1. The van der Waals surface area contributed by atoms with Crippen LogP contribution >= 0.6 is 15.9 Å². The quantitative estimate of drug-likeness (QED) is 0.575. The first kappa shape index (κ1) is 17.9. The summed E-state index contributed by atoms with van der Waals surface area (Å²) in [6.07, 6.45) is 0. The zero-order valence-electron chi connectivity index (χ0n) is 14.7. The van der Waals surface area contributed by atoms with Gasteiger partial charge in [0.2, 0.25) is 0 Å². The average Bonchev–Trinajstić information content (AvgIpc) is 3.10. The number of halogens is 1. The lowest BCUT2D eigenvalue weighted by atomic mass is 9.78. The van der Waals surface area contributed by atoms with E-state index >= 15 is 0 Å². The number of methoxy groups -OCH3 is 1. The maximum absolute atomic E-state index is 13.0.